The van der Waals surface area contributed by atoms with Crippen molar-refractivity contribution < 1.29 is 8.42 Å². The van der Waals surface area contributed by atoms with E-state index in [4.69, 9.17) is 0 Å². The first kappa shape index (κ1) is 36.5. The number of rotatable bonds is 19. The van der Waals surface area contributed by atoms with E-state index in [9.17, 15) is 8.42 Å². The van der Waals surface area contributed by atoms with E-state index in [-0.39, 0.29) is 11.8 Å². The number of benzene rings is 3. The van der Waals surface area contributed by atoms with Crippen molar-refractivity contribution in [2.45, 2.75) is 129 Å². The average Bonchev–Trinajstić information content (AvgIpc) is 3.00. The number of hydrogen-bond donors (Lipinski definition) is 2. The second kappa shape index (κ2) is 17.6. The number of nitrogens with zero attached hydrogens (tertiary/aromatic N) is 1. The van der Waals surface area contributed by atoms with Crippen LogP contribution in [0.4, 0.5) is 22.7 Å². The zero-order valence-corrected chi connectivity index (χ0v) is 30.1. The smallest absolute Gasteiger partial charge is 0.262 e. The van der Waals surface area contributed by atoms with Gasteiger partial charge in [0.15, 0.2) is 0 Å². The Labute approximate surface area is 275 Å². The number of anilines is 4. The summed E-state index contributed by atoms with van der Waals surface area (Å²) in [5, 5.41) is 3.48. The lowest BCUT2D eigenvalue weighted by atomic mass is 9.89. The molecule has 0 saturated carbocycles. The van der Waals surface area contributed by atoms with Crippen LogP contribution >= 0.6 is 0 Å². The van der Waals surface area contributed by atoms with Crippen LogP contribution in [0.5, 0.6) is 0 Å². The number of hydrogen-bond acceptors (Lipinski definition) is 4. The van der Waals surface area contributed by atoms with Crippen molar-refractivity contribution in [1.29, 1.82) is 0 Å². The molecule has 6 heteroatoms. The first-order valence-electron chi connectivity index (χ1n) is 17.4. The summed E-state index contributed by atoms with van der Waals surface area (Å²) >= 11 is 0. The molecular weight excluding hydrogens is 575 g/mol. The molecule has 0 radical (unpaired) electrons. The van der Waals surface area contributed by atoms with Crippen molar-refractivity contribution in [3.8, 4) is 0 Å². The first-order valence-corrected chi connectivity index (χ1v) is 18.9. The molecule has 0 fully saturated rings. The maximum atomic E-state index is 13.9. The normalized spacial score (nSPS) is 11.9. The summed E-state index contributed by atoms with van der Waals surface area (Å²) < 4.78 is 30.6. The highest BCUT2D eigenvalue weighted by atomic mass is 32.2. The predicted octanol–water partition coefficient (Wildman–Crippen LogP) is 11.6. The molecule has 0 spiro atoms. The Bertz CT molecular complexity index is 1370. The molecule has 0 unspecified atom stereocenters. The van der Waals surface area contributed by atoms with Gasteiger partial charge in [0.05, 0.1) is 4.90 Å². The van der Waals surface area contributed by atoms with Gasteiger partial charge in [-0.2, -0.15) is 0 Å². The van der Waals surface area contributed by atoms with E-state index < -0.39 is 10.0 Å². The molecule has 0 amide bonds. The minimum Gasteiger partial charge on any atom is -0.372 e. The van der Waals surface area contributed by atoms with Crippen LogP contribution in [0, 0.1) is 0 Å². The van der Waals surface area contributed by atoms with E-state index in [1.54, 1.807) is 0 Å². The molecule has 45 heavy (non-hydrogen) atoms. The zero-order valence-electron chi connectivity index (χ0n) is 29.2. The molecule has 0 aliphatic carbocycles. The Kier molecular flexibility index (Phi) is 14.3. The van der Waals surface area contributed by atoms with Gasteiger partial charge < -0.3 is 10.2 Å². The summed E-state index contributed by atoms with van der Waals surface area (Å²) in [7, 11) is -3.79. The zero-order chi connectivity index (χ0) is 33.0. The van der Waals surface area contributed by atoms with E-state index in [0.717, 1.165) is 35.6 Å². The summed E-state index contributed by atoms with van der Waals surface area (Å²) in [6.07, 6.45) is 10.2. The van der Waals surface area contributed by atoms with Gasteiger partial charge in [-0.05, 0) is 95.8 Å². The molecular formula is C39H59N3O2S. The fourth-order valence-electron chi connectivity index (χ4n) is 5.78. The van der Waals surface area contributed by atoms with E-state index in [2.05, 4.69) is 107 Å². The van der Waals surface area contributed by atoms with Gasteiger partial charge in [0.2, 0.25) is 0 Å². The molecule has 0 saturated heterocycles. The third-order valence-corrected chi connectivity index (χ3v) is 10.1. The third-order valence-electron chi connectivity index (χ3n) is 8.57. The third kappa shape index (κ3) is 10.8. The molecule has 0 aliphatic rings. The Hall–Kier alpha value is -2.99. The molecule has 0 atom stereocenters. The molecule has 3 aromatic rings. The van der Waals surface area contributed by atoms with Gasteiger partial charge in [0.25, 0.3) is 10.0 Å². The van der Waals surface area contributed by atoms with Crippen LogP contribution in [-0.4, -0.2) is 21.5 Å². The van der Waals surface area contributed by atoms with Crippen LogP contribution in [0.15, 0.2) is 65.6 Å². The summed E-state index contributed by atoms with van der Waals surface area (Å²) in [4.78, 5) is 2.96. The van der Waals surface area contributed by atoms with Gasteiger partial charge in [-0.15, -0.1) is 0 Å². The van der Waals surface area contributed by atoms with Crippen LogP contribution < -0.4 is 14.9 Å². The van der Waals surface area contributed by atoms with E-state index >= 15 is 0 Å². The SMILES string of the molecule is CCCCCCN(CCCCCC)c1ccc(Nc2ccc(NS(=O)(=O)c3c(C(C)C)cc(C(C)C)cc3C(C)C)cc2)cc1. The van der Waals surface area contributed by atoms with Crippen molar-refractivity contribution >= 4 is 32.8 Å². The Balaban J connectivity index is 1.73. The molecule has 5 nitrogen and oxygen atoms in total. The highest BCUT2D eigenvalue weighted by molar-refractivity contribution is 7.92. The van der Waals surface area contributed by atoms with Gasteiger partial charge >= 0.3 is 0 Å². The standard InChI is InChI=1S/C39H59N3O2S/c1-9-11-13-15-25-42(26-16-14-12-10-2)36-23-21-34(22-24-36)40-33-17-19-35(20-18-33)41-45(43,44)39-37(30(5)6)27-32(29(3)4)28-38(39)31(7)8/h17-24,27-31,40-41H,9-16,25-26H2,1-8H3. The van der Waals surface area contributed by atoms with Gasteiger partial charge in [0, 0.05) is 35.8 Å². The minimum absolute atomic E-state index is 0.0833. The van der Waals surface area contributed by atoms with Crippen molar-refractivity contribution in [3.05, 3.63) is 77.4 Å². The maximum Gasteiger partial charge on any atom is 0.262 e. The summed E-state index contributed by atoms with van der Waals surface area (Å²) in [6, 6.07) is 20.4. The topological polar surface area (TPSA) is 61.4 Å². The van der Waals surface area contributed by atoms with Gasteiger partial charge in [-0.1, -0.05) is 106 Å². The van der Waals surface area contributed by atoms with Crippen molar-refractivity contribution in [2.75, 3.05) is 28.0 Å². The Morgan fingerprint density at radius 3 is 1.47 bits per heavy atom. The second-order valence-corrected chi connectivity index (χ2v) is 15.1. The first-order chi connectivity index (χ1) is 21.5. The van der Waals surface area contributed by atoms with Crippen molar-refractivity contribution in [2.24, 2.45) is 0 Å². The molecule has 0 bridgehead atoms. The summed E-state index contributed by atoms with van der Waals surface area (Å²) in [6.45, 7) is 19.3. The molecule has 2 N–H and O–H groups in total. The molecule has 3 rings (SSSR count). The van der Waals surface area contributed by atoms with Crippen LogP contribution in [0.1, 0.15) is 141 Å². The number of unbranched alkanes of at least 4 members (excludes halogenated alkanes) is 6. The Morgan fingerprint density at radius 1 is 0.600 bits per heavy atom. The van der Waals surface area contributed by atoms with Crippen molar-refractivity contribution in [1.82, 2.24) is 0 Å². The fourth-order valence-corrected chi connectivity index (χ4v) is 7.54. The van der Waals surface area contributed by atoms with Crippen LogP contribution in [0.3, 0.4) is 0 Å². The second-order valence-electron chi connectivity index (χ2n) is 13.5. The predicted molar refractivity (Wildman–Crippen MR) is 196 cm³/mol. The minimum atomic E-state index is -3.79. The van der Waals surface area contributed by atoms with E-state index in [0.29, 0.717) is 16.5 Å². The average molecular weight is 634 g/mol. The lowest BCUT2D eigenvalue weighted by molar-refractivity contribution is 0.595. The molecule has 0 heterocycles. The fraction of sp³-hybridized carbons (Fsp3) is 0.538. The van der Waals surface area contributed by atoms with Crippen LogP contribution in [0.25, 0.3) is 0 Å². The molecule has 3 aromatic carbocycles. The largest absolute Gasteiger partial charge is 0.372 e. The highest BCUT2D eigenvalue weighted by Gasteiger charge is 2.27. The van der Waals surface area contributed by atoms with Gasteiger partial charge in [0.1, 0.15) is 0 Å². The maximum absolute atomic E-state index is 13.9. The molecule has 0 aliphatic heterocycles. The lowest BCUT2D eigenvalue weighted by Gasteiger charge is -2.25. The van der Waals surface area contributed by atoms with Gasteiger partial charge in [-0.3, -0.25) is 4.72 Å². The van der Waals surface area contributed by atoms with Gasteiger partial charge in [-0.25, -0.2) is 8.42 Å². The lowest BCUT2D eigenvalue weighted by Crippen LogP contribution is -2.25. The quantitative estimate of drug-likeness (QED) is 0.129. The highest BCUT2D eigenvalue weighted by Crippen LogP contribution is 2.36. The number of sulfonamides is 1. The molecule has 0 aromatic heterocycles. The van der Waals surface area contributed by atoms with Crippen LogP contribution in [0.2, 0.25) is 0 Å². The van der Waals surface area contributed by atoms with Crippen LogP contribution in [-0.2, 0) is 10.0 Å². The van der Waals surface area contributed by atoms with Crippen molar-refractivity contribution in [3.63, 3.8) is 0 Å². The Morgan fingerprint density at radius 2 is 1.04 bits per heavy atom. The van der Waals surface area contributed by atoms with E-state index in [1.165, 1.54) is 62.6 Å². The summed E-state index contributed by atoms with van der Waals surface area (Å²) in [5.41, 5.74) is 6.68. The number of nitrogens with one attached hydrogen (secondary N) is 2. The summed E-state index contributed by atoms with van der Waals surface area (Å²) in [5.74, 6) is 0.492. The van der Waals surface area contributed by atoms with E-state index in [1.807, 2.05) is 24.3 Å². The monoisotopic (exact) mass is 633 g/mol. The molecule has 248 valence electrons.